The largest absolute Gasteiger partial charge is 0.357 e. The topological polar surface area (TPSA) is 75.2 Å². The average molecular weight is 262 g/mol. The van der Waals surface area contributed by atoms with Crippen LogP contribution < -0.4 is 5.32 Å². The number of nitrogens with one attached hydrogen (secondary N) is 1. The van der Waals surface area contributed by atoms with Crippen LogP contribution in [0.25, 0.3) is 0 Å². The van der Waals surface area contributed by atoms with Gasteiger partial charge in [0.25, 0.3) is 5.91 Å². The Morgan fingerprint density at radius 1 is 1.32 bits per heavy atom. The van der Waals surface area contributed by atoms with Crippen LogP contribution in [0.4, 0.5) is 0 Å². The molecule has 0 saturated carbocycles. The van der Waals surface area contributed by atoms with E-state index < -0.39 is 6.04 Å². The lowest BCUT2D eigenvalue weighted by Crippen LogP contribution is -2.51. The normalized spacial score (nSPS) is 19.1. The third kappa shape index (κ3) is 2.89. The molecule has 6 nitrogen and oxygen atoms in total. The van der Waals surface area contributed by atoms with Crippen molar-refractivity contribution in [1.29, 1.82) is 0 Å². The van der Waals surface area contributed by atoms with Crippen LogP contribution in [0.1, 0.15) is 35.4 Å². The zero-order chi connectivity index (χ0) is 13.8. The van der Waals surface area contributed by atoms with Gasteiger partial charge in [0.05, 0.1) is 11.9 Å². The van der Waals surface area contributed by atoms with Crippen molar-refractivity contribution in [2.45, 2.75) is 32.2 Å². The molecule has 1 fully saturated rings. The van der Waals surface area contributed by atoms with Crippen molar-refractivity contribution in [3.63, 3.8) is 0 Å². The SMILES string of the molecule is CNC(=O)C1CCCCN1C(=O)c1cnc(C)cn1. The minimum Gasteiger partial charge on any atom is -0.357 e. The third-order valence-corrected chi connectivity index (χ3v) is 3.31. The quantitative estimate of drug-likeness (QED) is 0.843. The first-order chi connectivity index (χ1) is 9.13. The van der Waals surface area contributed by atoms with E-state index in [-0.39, 0.29) is 11.8 Å². The molecule has 0 radical (unpaired) electrons. The Morgan fingerprint density at radius 2 is 2.11 bits per heavy atom. The molecule has 1 aliphatic heterocycles. The van der Waals surface area contributed by atoms with Crippen molar-refractivity contribution in [3.8, 4) is 0 Å². The maximum Gasteiger partial charge on any atom is 0.274 e. The Hall–Kier alpha value is -1.98. The van der Waals surface area contributed by atoms with E-state index in [1.165, 1.54) is 6.20 Å². The summed E-state index contributed by atoms with van der Waals surface area (Å²) < 4.78 is 0. The number of piperidine rings is 1. The van der Waals surface area contributed by atoms with Gasteiger partial charge in [0, 0.05) is 19.8 Å². The number of amides is 2. The number of carbonyl (C=O) groups excluding carboxylic acids is 2. The molecular formula is C13H18N4O2. The lowest BCUT2D eigenvalue weighted by molar-refractivity contribution is -0.126. The van der Waals surface area contributed by atoms with Gasteiger partial charge in [0.1, 0.15) is 11.7 Å². The molecule has 2 heterocycles. The first kappa shape index (κ1) is 13.5. The molecule has 0 spiro atoms. The maximum atomic E-state index is 12.4. The Morgan fingerprint density at radius 3 is 2.74 bits per heavy atom. The summed E-state index contributed by atoms with van der Waals surface area (Å²) in [4.78, 5) is 34.0. The van der Waals surface area contributed by atoms with E-state index in [9.17, 15) is 9.59 Å². The monoisotopic (exact) mass is 262 g/mol. The minimum atomic E-state index is -0.394. The fourth-order valence-electron chi connectivity index (χ4n) is 2.26. The number of rotatable bonds is 2. The second-order valence-electron chi connectivity index (χ2n) is 4.67. The molecule has 1 N–H and O–H groups in total. The zero-order valence-corrected chi connectivity index (χ0v) is 11.2. The van der Waals surface area contributed by atoms with E-state index in [1.807, 2.05) is 6.92 Å². The van der Waals surface area contributed by atoms with E-state index in [4.69, 9.17) is 0 Å². The van der Waals surface area contributed by atoms with Gasteiger partial charge in [-0.3, -0.25) is 14.6 Å². The number of aryl methyl sites for hydroxylation is 1. The van der Waals surface area contributed by atoms with Crippen molar-refractivity contribution >= 4 is 11.8 Å². The second-order valence-corrected chi connectivity index (χ2v) is 4.67. The molecule has 102 valence electrons. The van der Waals surface area contributed by atoms with Gasteiger partial charge >= 0.3 is 0 Å². The first-order valence-corrected chi connectivity index (χ1v) is 6.44. The van der Waals surface area contributed by atoms with Crippen LogP contribution in [0.2, 0.25) is 0 Å². The summed E-state index contributed by atoms with van der Waals surface area (Å²) in [6, 6.07) is -0.394. The fraction of sp³-hybridized carbons (Fsp3) is 0.538. The highest BCUT2D eigenvalue weighted by Crippen LogP contribution is 2.19. The fourth-order valence-corrected chi connectivity index (χ4v) is 2.26. The summed E-state index contributed by atoms with van der Waals surface area (Å²) in [5, 5.41) is 2.61. The van der Waals surface area contributed by atoms with Crippen molar-refractivity contribution in [2.24, 2.45) is 0 Å². The highest BCUT2D eigenvalue weighted by molar-refractivity contribution is 5.96. The smallest absolute Gasteiger partial charge is 0.274 e. The Bertz CT molecular complexity index is 472. The third-order valence-electron chi connectivity index (χ3n) is 3.31. The summed E-state index contributed by atoms with van der Waals surface area (Å²) in [5.41, 5.74) is 1.06. The van der Waals surface area contributed by atoms with Crippen molar-refractivity contribution in [2.75, 3.05) is 13.6 Å². The molecule has 19 heavy (non-hydrogen) atoms. The van der Waals surface area contributed by atoms with E-state index in [2.05, 4.69) is 15.3 Å². The highest BCUT2D eigenvalue weighted by Gasteiger charge is 2.32. The predicted molar refractivity (Wildman–Crippen MR) is 69.5 cm³/mol. The second kappa shape index (κ2) is 5.77. The molecule has 0 aliphatic carbocycles. The van der Waals surface area contributed by atoms with Crippen LogP contribution in [-0.2, 0) is 4.79 Å². The lowest BCUT2D eigenvalue weighted by atomic mass is 10.0. The van der Waals surface area contributed by atoms with Crippen LogP contribution >= 0.6 is 0 Å². The average Bonchev–Trinajstić information content (AvgIpc) is 2.46. The summed E-state index contributed by atoms with van der Waals surface area (Å²) in [7, 11) is 1.59. The van der Waals surface area contributed by atoms with Gasteiger partial charge in [0.15, 0.2) is 0 Å². The molecule has 1 aromatic heterocycles. The van der Waals surface area contributed by atoms with E-state index in [0.717, 1.165) is 18.5 Å². The van der Waals surface area contributed by atoms with Crippen LogP contribution in [0.3, 0.4) is 0 Å². The van der Waals surface area contributed by atoms with Gasteiger partial charge in [-0.05, 0) is 26.2 Å². The Kier molecular flexibility index (Phi) is 4.09. The van der Waals surface area contributed by atoms with Gasteiger partial charge < -0.3 is 10.2 Å². The molecule has 0 aromatic carbocycles. The molecule has 6 heteroatoms. The number of hydrogen-bond acceptors (Lipinski definition) is 4. The number of nitrogens with zero attached hydrogens (tertiary/aromatic N) is 3. The molecule has 1 saturated heterocycles. The number of carbonyl (C=O) groups is 2. The number of hydrogen-bond donors (Lipinski definition) is 1. The van der Waals surface area contributed by atoms with Gasteiger partial charge in [-0.25, -0.2) is 4.98 Å². The number of likely N-dealkylation sites (N-methyl/N-ethyl adjacent to an activating group) is 1. The zero-order valence-electron chi connectivity index (χ0n) is 11.2. The van der Waals surface area contributed by atoms with Crippen LogP contribution in [0.15, 0.2) is 12.4 Å². The molecule has 0 bridgehead atoms. The van der Waals surface area contributed by atoms with Gasteiger partial charge in [-0.2, -0.15) is 0 Å². The first-order valence-electron chi connectivity index (χ1n) is 6.44. The van der Waals surface area contributed by atoms with Crippen LogP contribution in [-0.4, -0.2) is 46.3 Å². The van der Waals surface area contributed by atoms with Crippen molar-refractivity contribution in [1.82, 2.24) is 20.2 Å². The molecular weight excluding hydrogens is 244 g/mol. The summed E-state index contributed by atoms with van der Waals surface area (Å²) >= 11 is 0. The van der Waals surface area contributed by atoms with Gasteiger partial charge in [-0.15, -0.1) is 0 Å². The summed E-state index contributed by atoms with van der Waals surface area (Å²) in [6.45, 7) is 2.40. The molecule has 1 aliphatic rings. The van der Waals surface area contributed by atoms with Crippen LogP contribution in [0.5, 0.6) is 0 Å². The van der Waals surface area contributed by atoms with Crippen molar-refractivity contribution < 1.29 is 9.59 Å². The summed E-state index contributed by atoms with van der Waals surface area (Å²) in [6.07, 6.45) is 5.60. The van der Waals surface area contributed by atoms with E-state index in [0.29, 0.717) is 18.7 Å². The molecule has 2 rings (SSSR count). The Labute approximate surface area is 112 Å². The predicted octanol–water partition coefficient (Wildman–Crippen LogP) is 0.526. The van der Waals surface area contributed by atoms with Gasteiger partial charge in [-0.1, -0.05) is 0 Å². The van der Waals surface area contributed by atoms with Crippen molar-refractivity contribution in [3.05, 3.63) is 23.8 Å². The molecule has 1 unspecified atom stereocenters. The highest BCUT2D eigenvalue weighted by atomic mass is 16.2. The molecule has 1 aromatic rings. The van der Waals surface area contributed by atoms with Gasteiger partial charge in [0.2, 0.25) is 5.91 Å². The Balaban J connectivity index is 2.20. The number of likely N-dealkylation sites (tertiary alicyclic amines) is 1. The van der Waals surface area contributed by atoms with Crippen LogP contribution in [0, 0.1) is 6.92 Å². The van der Waals surface area contributed by atoms with E-state index in [1.54, 1.807) is 18.1 Å². The minimum absolute atomic E-state index is 0.117. The maximum absolute atomic E-state index is 12.4. The lowest BCUT2D eigenvalue weighted by Gasteiger charge is -2.34. The number of aromatic nitrogens is 2. The van der Waals surface area contributed by atoms with E-state index >= 15 is 0 Å². The molecule has 1 atom stereocenters. The molecule has 2 amide bonds. The summed E-state index contributed by atoms with van der Waals surface area (Å²) in [5.74, 6) is -0.339. The standard InChI is InChI=1S/C13H18N4O2/c1-9-7-16-10(8-15-9)13(19)17-6-4-3-5-11(17)12(18)14-2/h7-8,11H,3-6H2,1-2H3,(H,14,18).